The first-order chi connectivity index (χ1) is 12.7. The number of aliphatic hydroxyl groups excluding tert-OH is 1. The first kappa shape index (κ1) is 18.9. The molecule has 0 saturated carbocycles. The van der Waals surface area contributed by atoms with Gasteiger partial charge in [0.1, 0.15) is 25.0 Å². The Kier molecular flexibility index (Phi) is 6.34. The van der Waals surface area contributed by atoms with E-state index in [0.717, 1.165) is 11.1 Å². The summed E-state index contributed by atoms with van der Waals surface area (Å²) < 4.78 is 30.5. The second-order valence-electron chi connectivity index (χ2n) is 6.30. The van der Waals surface area contributed by atoms with Crippen LogP contribution in [0.5, 0.6) is 0 Å². The Morgan fingerprint density at radius 1 is 0.923 bits per heavy atom. The molecule has 4 atom stereocenters. The molecule has 26 heavy (non-hydrogen) atoms. The maximum Gasteiger partial charge on any atom is 0.224 e. The van der Waals surface area contributed by atoms with Crippen molar-refractivity contribution < 1.29 is 28.8 Å². The number of rotatable bonds is 8. The molecule has 0 radical (unpaired) electrons. The fraction of sp³-hybridized carbons (Fsp3) is 0.400. The van der Waals surface area contributed by atoms with Crippen LogP contribution in [-0.2, 0) is 27.4 Å². The van der Waals surface area contributed by atoms with Gasteiger partial charge >= 0.3 is 0 Å². The summed E-state index contributed by atoms with van der Waals surface area (Å²) in [4.78, 5) is 0. The van der Waals surface area contributed by atoms with Gasteiger partial charge in [-0.05, 0) is 11.1 Å². The van der Waals surface area contributed by atoms with Crippen molar-refractivity contribution in [2.75, 3.05) is 13.3 Å². The third kappa shape index (κ3) is 4.28. The van der Waals surface area contributed by atoms with Crippen LogP contribution >= 0.6 is 0 Å². The third-order valence-corrected chi connectivity index (χ3v) is 4.39. The molecule has 0 bridgehead atoms. The van der Waals surface area contributed by atoms with E-state index >= 15 is 0 Å². The van der Waals surface area contributed by atoms with Gasteiger partial charge in [0.2, 0.25) is 5.79 Å². The van der Waals surface area contributed by atoms with Crippen LogP contribution in [0.2, 0.25) is 0 Å². The molecule has 0 amide bonds. The van der Waals surface area contributed by atoms with Crippen LogP contribution < -0.4 is 0 Å². The number of hydrogen-bond donors (Lipinski definition) is 2. The predicted molar refractivity (Wildman–Crippen MR) is 92.9 cm³/mol. The second-order valence-corrected chi connectivity index (χ2v) is 6.30. The van der Waals surface area contributed by atoms with Crippen molar-refractivity contribution in [1.29, 1.82) is 0 Å². The van der Waals surface area contributed by atoms with Gasteiger partial charge in [-0.3, -0.25) is 0 Å². The summed E-state index contributed by atoms with van der Waals surface area (Å²) in [5, 5.41) is 20.1. The number of halogens is 1. The van der Waals surface area contributed by atoms with Gasteiger partial charge in [0.05, 0.1) is 19.8 Å². The highest BCUT2D eigenvalue weighted by molar-refractivity contribution is 5.15. The van der Waals surface area contributed by atoms with E-state index < -0.39 is 37.4 Å². The Hall–Kier alpha value is -1.83. The second kappa shape index (κ2) is 8.70. The normalized spacial score (nSPS) is 28.3. The number of ether oxygens (including phenoxy) is 3. The van der Waals surface area contributed by atoms with Crippen LogP contribution in [0, 0.1) is 0 Å². The molecule has 1 fully saturated rings. The van der Waals surface area contributed by atoms with Gasteiger partial charge in [-0.25, -0.2) is 4.39 Å². The lowest BCUT2D eigenvalue weighted by Gasteiger charge is -2.28. The van der Waals surface area contributed by atoms with Gasteiger partial charge in [0.15, 0.2) is 0 Å². The molecule has 1 aliphatic heterocycles. The zero-order valence-electron chi connectivity index (χ0n) is 14.3. The van der Waals surface area contributed by atoms with E-state index in [1.807, 2.05) is 60.7 Å². The van der Waals surface area contributed by atoms with Gasteiger partial charge in [0.25, 0.3) is 0 Å². The monoisotopic (exact) mass is 362 g/mol. The van der Waals surface area contributed by atoms with Gasteiger partial charge in [-0.15, -0.1) is 0 Å². The molecule has 1 aliphatic rings. The van der Waals surface area contributed by atoms with Crippen molar-refractivity contribution in [1.82, 2.24) is 0 Å². The molecule has 2 aromatic rings. The maximum absolute atomic E-state index is 13.5. The predicted octanol–water partition coefficient (Wildman–Crippen LogP) is 2.21. The average Bonchev–Trinajstić information content (AvgIpc) is 2.98. The molecule has 0 spiro atoms. The van der Waals surface area contributed by atoms with E-state index in [1.165, 1.54) is 0 Å². The number of benzene rings is 2. The van der Waals surface area contributed by atoms with Crippen LogP contribution in [0.15, 0.2) is 60.7 Å². The number of hydrogen-bond acceptors (Lipinski definition) is 5. The maximum atomic E-state index is 13.5. The number of alkyl halides is 1. The van der Waals surface area contributed by atoms with Crippen molar-refractivity contribution in [3.05, 3.63) is 71.8 Å². The zero-order valence-corrected chi connectivity index (χ0v) is 14.3. The minimum atomic E-state index is -2.15. The first-order valence-electron chi connectivity index (χ1n) is 8.54. The lowest BCUT2D eigenvalue weighted by molar-refractivity contribution is -0.249. The lowest BCUT2D eigenvalue weighted by Crippen LogP contribution is -2.47. The van der Waals surface area contributed by atoms with Crippen LogP contribution in [0.4, 0.5) is 4.39 Å². The first-order valence-corrected chi connectivity index (χ1v) is 8.54. The zero-order chi connectivity index (χ0) is 18.4. The molecule has 5 nitrogen and oxygen atoms in total. The summed E-state index contributed by atoms with van der Waals surface area (Å²) in [6.07, 6.45) is -2.74. The number of aliphatic hydroxyl groups is 2. The summed E-state index contributed by atoms with van der Waals surface area (Å²) >= 11 is 0. The van der Waals surface area contributed by atoms with Crippen molar-refractivity contribution in [2.45, 2.75) is 37.3 Å². The van der Waals surface area contributed by atoms with Crippen molar-refractivity contribution in [3.8, 4) is 0 Å². The summed E-state index contributed by atoms with van der Waals surface area (Å²) in [5.74, 6) is -2.15. The molecular weight excluding hydrogens is 339 g/mol. The molecule has 0 aromatic heterocycles. The van der Waals surface area contributed by atoms with Gasteiger partial charge < -0.3 is 24.4 Å². The van der Waals surface area contributed by atoms with E-state index in [-0.39, 0.29) is 13.2 Å². The topological polar surface area (TPSA) is 68.2 Å². The fourth-order valence-corrected chi connectivity index (χ4v) is 3.04. The smallest absolute Gasteiger partial charge is 0.224 e. The summed E-state index contributed by atoms with van der Waals surface area (Å²) in [7, 11) is 0. The highest BCUT2D eigenvalue weighted by Gasteiger charge is 2.56. The van der Waals surface area contributed by atoms with Gasteiger partial charge in [0, 0.05) is 0 Å². The highest BCUT2D eigenvalue weighted by atomic mass is 19.1. The Balaban J connectivity index is 1.73. The Morgan fingerprint density at radius 3 is 1.96 bits per heavy atom. The molecule has 6 heteroatoms. The van der Waals surface area contributed by atoms with E-state index in [9.17, 15) is 14.6 Å². The van der Waals surface area contributed by atoms with Crippen LogP contribution in [0.3, 0.4) is 0 Å². The quantitative estimate of drug-likeness (QED) is 0.754. The summed E-state index contributed by atoms with van der Waals surface area (Å²) in [6.45, 7) is -1.17. The molecular formula is C20H23FO5. The molecule has 0 unspecified atom stereocenters. The van der Waals surface area contributed by atoms with Gasteiger partial charge in [-0.1, -0.05) is 60.7 Å². The minimum absolute atomic E-state index is 0.167. The molecule has 140 valence electrons. The minimum Gasteiger partial charge on any atom is -0.394 e. The standard InChI is InChI=1S/C20H23FO5/c21-14-20(23)19(25-13-16-9-5-2-6-10-16)18(17(11-22)26-20)24-12-15-7-3-1-4-8-15/h1-10,17-19,22-23H,11-14H2/t17-,18-,19+,20+/m1/s1. The Labute approximate surface area is 151 Å². The van der Waals surface area contributed by atoms with Crippen LogP contribution in [0.25, 0.3) is 0 Å². The molecule has 1 saturated heterocycles. The highest BCUT2D eigenvalue weighted by Crippen LogP contribution is 2.35. The molecule has 0 aliphatic carbocycles. The van der Waals surface area contributed by atoms with Gasteiger partial charge in [-0.2, -0.15) is 0 Å². The Morgan fingerprint density at radius 2 is 1.46 bits per heavy atom. The van der Waals surface area contributed by atoms with E-state index in [2.05, 4.69) is 0 Å². The Bertz CT molecular complexity index is 668. The molecule has 1 heterocycles. The molecule has 3 rings (SSSR count). The van der Waals surface area contributed by atoms with E-state index in [1.54, 1.807) is 0 Å². The van der Waals surface area contributed by atoms with E-state index in [0.29, 0.717) is 0 Å². The van der Waals surface area contributed by atoms with Crippen molar-refractivity contribution in [2.24, 2.45) is 0 Å². The summed E-state index contributed by atoms with van der Waals surface area (Å²) in [5.41, 5.74) is 1.80. The SMILES string of the molecule is OC[C@H]1O[C@@](O)(CF)[C@@H](OCc2ccccc2)[C@@H]1OCc1ccccc1. The van der Waals surface area contributed by atoms with Crippen LogP contribution in [-0.4, -0.2) is 47.6 Å². The average molecular weight is 362 g/mol. The van der Waals surface area contributed by atoms with Crippen LogP contribution in [0.1, 0.15) is 11.1 Å². The van der Waals surface area contributed by atoms with Crippen molar-refractivity contribution >= 4 is 0 Å². The van der Waals surface area contributed by atoms with E-state index in [4.69, 9.17) is 14.2 Å². The molecule has 2 N–H and O–H groups in total. The molecule has 2 aromatic carbocycles. The summed E-state index contributed by atoms with van der Waals surface area (Å²) in [6, 6.07) is 18.8. The third-order valence-electron chi connectivity index (χ3n) is 4.39. The fourth-order valence-electron chi connectivity index (χ4n) is 3.04. The van der Waals surface area contributed by atoms with Crippen molar-refractivity contribution in [3.63, 3.8) is 0 Å². The lowest BCUT2D eigenvalue weighted by atomic mass is 10.1. The largest absolute Gasteiger partial charge is 0.394 e.